The molecular formula is C17H16INO4. The van der Waals surface area contributed by atoms with Crippen LogP contribution < -0.4 is 10.1 Å². The Labute approximate surface area is 148 Å². The van der Waals surface area contributed by atoms with E-state index in [1.807, 2.05) is 42.5 Å². The number of benzene rings is 2. The van der Waals surface area contributed by atoms with Crippen molar-refractivity contribution in [2.45, 2.75) is 6.54 Å². The number of carbonyl (C=O) groups is 2. The van der Waals surface area contributed by atoms with Crippen LogP contribution in [-0.4, -0.2) is 25.1 Å². The molecule has 0 saturated carbocycles. The van der Waals surface area contributed by atoms with Crippen LogP contribution in [0.3, 0.4) is 0 Å². The van der Waals surface area contributed by atoms with E-state index in [1.54, 1.807) is 12.1 Å². The van der Waals surface area contributed by atoms with Gasteiger partial charge in [-0.15, -0.1) is 0 Å². The van der Waals surface area contributed by atoms with E-state index in [2.05, 4.69) is 27.9 Å². The maximum atomic E-state index is 11.6. The van der Waals surface area contributed by atoms with Gasteiger partial charge in [-0.05, 0) is 52.4 Å². The van der Waals surface area contributed by atoms with E-state index in [0.29, 0.717) is 12.3 Å². The lowest BCUT2D eigenvalue weighted by atomic mass is 10.2. The average Bonchev–Trinajstić information content (AvgIpc) is 2.58. The maximum Gasteiger partial charge on any atom is 0.344 e. The fourth-order valence-corrected chi connectivity index (χ4v) is 2.07. The van der Waals surface area contributed by atoms with Crippen molar-refractivity contribution in [3.8, 4) is 5.75 Å². The van der Waals surface area contributed by atoms with Crippen LogP contribution in [-0.2, 0) is 20.9 Å². The maximum absolute atomic E-state index is 11.6. The van der Waals surface area contributed by atoms with E-state index in [1.165, 1.54) is 0 Å². The lowest BCUT2D eigenvalue weighted by molar-refractivity contribution is -0.150. The van der Waals surface area contributed by atoms with Crippen molar-refractivity contribution in [2.75, 3.05) is 13.2 Å². The van der Waals surface area contributed by atoms with Gasteiger partial charge in [0.1, 0.15) is 5.75 Å². The molecule has 0 saturated heterocycles. The third kappa shape index (κ3) is 6.68. The van der Waals surface area contributed by atoms with E-state index in [9.17, 15) is 9.59 Å². The smallest absolute Gasteiger partial charge is 0.344 e. The largest absolute Gasteiger partial charge is 0.482 e. The fraction of sp³-hybridized carbons (Fsp3) is 0.176. The Kier molecular flexibility index (Phi) is 6.86. The predicted molar refractivity (Wildman–Crippen MR) is 93.9 cm³/mol. The predicted octanol–water partition coefficient (Wildman–Crippen LogP) is 2.53. The molecule has 1 N–H and O–H groups in total. The van der Waals surface area contributed by atoms with Gasteiger partial charge >= 0.3 is 5.97 Å². The molecule has 2 aromatic carbocycles. The normalized spacial score (nSPS) is 9.96. The van der Waals surface area contributed by atoms with Gasteiger partial charge in [-0.3, -0.25) is 4.79 Å². The van der Waals surface area contributed by atoms with E-state index in [0.717, 1.165) is 9.13 Å². The number of carbonyl (C=O) groups excluding carboxylic acids is 2. The van der Waals surface area contributed by atoms with Crippen LogP contribution >= 0.6 is 22.6 Å². The summed E-state index contributed by atoms with van der Waals surface area (Å²) in [7, 11) is 0. The third-order valence-corrected chi connectivity index (χ3v) is 3.59. The zero-order valence-corrected chi connectivity index (χ0v) is 14.5. The fourth-order valence-electron chi connectivity index (χ4n) is 1.71. The summed E-state index contributed by atoms with van der Waals surface area (Å²) >= 11 is 2.18. The highest BCUT2D eigenvalue weighted by Crippen LogP contribution is 2.13. The quantitative estimate of drug-likeness (QED) is 0.547. The first-order valence-corrected chi connectivity index (χ1v) is 8.06. The summed E-state index contributed by atoms with van der Waals surface area (Å²) in [5.41, 5.74) is 0.981. The van der Waals surface area contributed by atoms with E-state index in [4.69, 9.17) is 9.47 Å². The van der Waals surface area contributed by atoms with Crippen LogP contribution in [0.15, 0.2) is 54.6 Å². The van der Waals surface area contributed by atoms with Gasteiger partial charge in [0.2, 0.25) is 0 Å². The second kappa shape index (κ2) is 9.14. The molecule has 2 aromatic rings. The van der Waals surface area contributed by atoms with Crippen LogP contribution in [0.25, 0.3) is 0 Å². The van der Waals surface area contributed by atoms with Crippen LogP contribution in [0.5, 0.6) is 5.75 Å². The Bertz CT molecular complexity index is 643. The highest BCUT2D eigenvalue weighted by molar-refractivity contribution is 14.1. The standard InChI is InChI=1S/C17H16INO4/c18-14-6-8-15(9-7-14)22-12-17(21)23-11-16(20)19-10-13-4-2-1-3-5-13/h1-9H,10-12H2,(H,19,20). The van der Waals surface area contributed by atoms with Gasteiger partial charge in [0.25, 0.3) is 5.91 Å². The molecule has 0 aliphatic carbocycles. The Morgan fingerprint density at radius 2 is 1.65 bits per heavy atom. The highest BCUT2D eigenvalue weighted by atomic mass is 127. The molecular weight excluding hydrogens is 409 g/mol. The number of halogens is 1. The van der Waals surface area contributed by atoms with Gasteiger partial charge in [0, 0.05) is 10.1 Å². The molecule has 120 valence electrons. The summed E-state index contributed by atoms with van der Waals surface area (Å²) in [6.07, 6.45) is 0. The molecule has 0 unspecified atom stereocenters. The molecule has 0 fully saturated rings. The zero-order chi connectivity index (χ0) is 16.5. The topological polar surface area (TPSA) is 64.6 Å². The molecule has 1 amide bonds. The number of amides is 1. The Hall–Kier alpha value is -2.09. The van der Waals surface area contributed by atoms with Gasteiger partial charge in [-0.2, -0.15) is 0 Å². The lowest BCUT2D eigenvalue weighted by Gasteiger charge is -2.08. The monoisotopic (exact) mass is 425 g/mol. The zero-order valence-electron chi connectivity index (χ0n) is 12.3. The average molecular weight is 425 g/mol. The second-order valence-corrected chi connectivity index (χ2v) is 5.91. The Morgan fingerprint density at radius 1 is 0.957 bits per heavy atom. The lowest BCUT2D eigenvalue weighted by Crippen LogP contribution is -2.29. The summed E-state index contributed by atoms with van der Waals surface area (Å²) in [5, 5.41) is 2.68. The van der Waals surface area contributed by atoms with Crippen molar-refractivity contribution in [1.82, 2.24) is 5.32 Å². The van der Waals surface area contributed by atoms with Crippen molar-refractivity contribution in [3.05, 3.63) is 63.7 Å². The number of esters is 1. The molecule has 2 rings (SSSR count). The van der Waals surface area contributed by atoms with Gasteiger partial charge < -0.3 is 14.8 Å². The molecule has 6 heteroatoms. The van der Waals surface area contributed by atoms with Crippen molar-refractivity contribution in [1.29, 1.82) is 0 Å². The molecule has 0 aliphatic heterocycles. The first-order valence-electron chi connectivity index (χ1n) is 6.98. The first-order chi connectivity index (χ1) is 11.1. The van der Waals surface area contributed by atoms with Crippen molar-refractivity contribution < 1.29 is 19.1 Å². The van der Waals surface area contributed by atoms with Crippen LogP contribution in [0.1, 0.15) is 5.56 Å². The molecule has 0 aromatic heterocycles. The summed E-state index contributed by atoms with van der Waals surface area (Å²) in [6, 6.07) is 16.8. The molecule has 0 spiro atoms. The minimum atomic E-state index is -0.585. The molecule has 0 bridgehead atoms. The van der Waals surface area contributed by atoms with Gasteiger partial charge in [0.15, 0.2) is 13.2 Å². The number of hydrogen-bond acceptors (Lipinski definition) is 4. The van der Waals surface area contributed by atoms with Gasteiger partial charge in [-0.25, -0.2) is 4.79 Å². The Morgan fingerprint density at radius 3 is 2.35 bits per heavy atom. The summed E-state index contributed by atoms with van der Waals surface area (Å²) in [4.78, 5) is 23.1. The Balaban J connectivity index is 1.63. The van der Waals surface area contributed by atoms with Crippen molar-refractivity contribution >= 4 is 34.5 Å². The number of nitrogens with one attached hydrogen (secondary N) is 1. The van der Waals surface area contributed by atoms with Gasteiger partial charge in [-0.1, -0.05) is 30.3 Å². The highest BCUT2D eigenvalue weighted by Gasteiger charge is 2.08. The van der Waals surface area contributed by atoms with Crippen molar-refractivity contribution in [3.63, 3.8) is 0 Å². The molecule has 0 radical (unpaired) electrons. The number of rotatable bonds is 7. The third-order valence-electron chi connectivity index (χ3n) is 2.87. The minimum absolute atomic E-state index is 0.230. The van der Waals surface area contributed by atoms with E-state index in [-0.39, 0.29) is 19.1 Å². The van der Waals surface area contributed by atoms with E-state index < -0.39 is 5.97 Å². The van der Waals surface area contributed by atoms with E-state index >= 15 is 0 Å². The molecule has 0 aliphatic rings. The van der Waals surface area contributed by atoms with Crippen LogP contribution in [0, 0.1) is 3.57 Å². The number of ether oxygens (including phenoxy) is 2. The first kappa shape index (κ1) is 17.3. The van der Waals surface area contributed by atoms with Crippen LogP contribution in [0.4, 0.5) is 0 Å². The summed E-state index contributed by atoms with van der Waals surface area (Å²) < 4.78 is 11.2. The molecule has 0 heterocycles. The molecule has 5 nitrogen and oxygen atoms in total. The van der Waals surface area contributed by atoms with Gasteiger partial charge in [0.05, 0.1) is 0 Å². The second-order valence-electron chi connectivity index (χ2n) is 4.67. The summed E-state index contributed by atoms with van der Waals surface area (Å²) in [5.74, 6) is -0.356. The molecule has 23 heavy (non-hydrogen) atoms. The summed E-state index contributed by atoms with van der Waals surface area (Å²) in [6.45, 7) is -0.148. The van der Waals surface area contributed by atoms with Crippen molar-refractivity contribution in [2.24, 2.45) is 0 Å². The SMILES string of the molecule is O=C(COC(=O)COc1ccc(I)cc1)NCc1ccccc1. The van der Waals surface area contributed by atoms with Crippen LogP contribution in [0.2, 0.25) is 0 Å². The molecule has 0 atom stereocenters. The number of hydrogen-bond donors (Lipinski definition) is 1. The minimum Gasteiger partial charge on any atom is -0.482 e.